The fraction of sp³-hybridized carbons (Fsp3) is 0.368. The van der Waals surface area contributed by atoms with Gasteiger partial charge in [0.15, 0.2) is 0 Å². The molecule has 2 rings (SSSR count). The predicted molar refractivity (Wildman–Crippen MR) is 97.5 cm³/mol. The van der Waals surface area contributed by atoms with Crippen LogP contribution in [0.3, 0.4) is 0 Å². The highest BCUT2D eigenvalue weighted by Gasteiger charge is 2.16. The molecule has 1 atom stereocenters. The molecule has 0 saturated heterocycles. The Labute approximate surface area is 142 Å². The molecule has 0 aliphatic rings. The predicted octanol–water partition coefficient (Wildman–Crippen LogP) is 3.62. The molecule has 0 spiro atoms. The molecule has 0 radical (unpaired) electrons. The molecule has 0 bridgehead atoms. The second kappa shape index (κ2) is 8.99. The SMILES string of the molecule is CC(N)(CO)CCc1ccc(/C=C/COCc2ccccc2)s1. The number of rotatable bonds is 9. The molecule has 0 aliphatic heterocycles. The van der Waals surface area contributed by atoms with Gasteiger partial charge in [-0.3, -0.25) is 0 Å². The van der Waals surface area contributed by atoms with Crippen LogP contribution in [0.2, 0.25) is 0 Å². The third-order valence-corrected chi connectivity index (χ3v) is 4.70. The van der Waals surface area contributed by atoms with Gasteiger partial charge in [-0.1, -0.05) is 36.4 Å². The zero-order valence-electron chi connectivity index (χ0n) is 13.6. The van der Waals surface area contributed by atoms with Gasteiger partial charge in [0.1, 0.15) is 0 Å². The molecule has 3 N–H and O–H groups in total. The minimum Gasteiger partial charge on any atom is -0.394 e. The number of aryl methyl sites for hydroxylation is 1. The van der Waals surface area contributed by atoms with Crippen molar-refractivity contribution >= 4 is 17.4 Å². The Morgan fingerprint density at radius 3 is 2.74 bits per heavy atom. The van der Waals surface area contributed by atoms with Gasteiger partial charge in [-0.05, 0) is 43.5 Å². The van der Waals surface area contributed by atoms with Crippen LogP contribution in [0.5, 0.6) is 0 Å². The van der Waals surface area contributed by atoms with E-state index >= 15 is 0 Å². The minimum absolute atomic E-state index is 0.0177. The summed E-state index contributed by atoms with van der Waals surface area (Å²) in [5.74, 6) is 0. The van der Waals surface area contributed by atoms with Crippen LogP contribution in [-0.2, 0) is 17.8 Å². The monoisotopic (exact) mass is 331 g/mol. The zero-order chi connectivity index (χ0) is 16.5. The third kappa shape index (κ3) is 6.67. The molecule has 0 aliphatic carbocycles. The van der Waals surface area contributed by atoms with Crippen molar-refractivity contribution in [2.24, 2.45) is 5.73 Å². The number of thiophene rings is 1. The molecule has 23 heavy (non-hydrogen) atoms. The number of nitrogens with two attached hydrogens (primary N) is 1. The maximum Gasteiger partial charge on any atom is 0.0721 e. The molecule has 1 heterocycles. The second-order valence-electron chi connectivity index (χ2n) is 6.02. The third-order valence-electron chi connectivity index (χ3n) is 3.59. The van der Waals surface area contributed by atoms with Crippen LogP contribution in [0, 0.1) is 0 Å². The van der Waals surface area contributed by atoms with Crippen molar-refractivity contribution in [1.29, 1.82) is 0 Å². The van der Waals surface area contributed by atoms with Gasteiger partial charge in [0.2, 0.25) is 0 Å². The fourth-order valence-electron chi connectivity index (χ4n) is 2.09. The molecule has 2 aromatic rings. The van der Waals surface area contributed by atoms with Crippen LogP contribution < -0.4 is 5.73 Å². The number of aliphatic hydroxyl groups is 1. The molecule has 124 valence electrons. The number of ether oxygens (including phenoxy) is 1. The van der Waals surface area contributed by atoms with Gasteiger partial charge in [0, 0.05) is 15.3 Å². The van der Waals surface area contributed by atoms with E-state index in [2.05, 4.69) is 30.3 Å². The lowest BCUT2D eigenvalue weighted by Gasteiger charge is -2.20. The van der Waals surface area contributed by atoms with E-state index in [1.165, 1.54) is 15.3 Å². The summed E-state index contributed by atoms with van der Waals surface area (Å²) in [5.41, 5.74) is 6.65. The fourth-order valence-corrected chi connectivity index (χ4v) is 3.03. The van der Waals surface area contributed by atoms with Crippen molar-refractivity contribution in [1.82, 2.24) is 0 Å². The topological polar surface area (TPSA) is 55.5 Å². The molecule has 4 heteroatoms. The van der Waals surface area contributed by atoms with Crippen LogP contribution in [0.4, 0.5) is 0 Å². The van der Waals surface area contributed by atoms with Gasteiger partial charge >= 0.3 is 0 Å². The number of benzene rings is 1. The minimum atomic E-state index is -0.495. The quantitative estimate of drug-likeness (QED) is 0.690. The number of hydrogen-bond donors (Lipinski definition) is 2. The molecule has 1 aromatic carbocycles. The zero-order valence-corrected chi connectivity index (χ0v) is 14.4. The number of aliphatic hydroxyl groups excluding tert-OH is 1. The van der Waals surface area contributed by atoms with Crippen molar-refractivity contribution in [3.05, 3.63) is 63.9 Å². The summed E-state index contributed by atoms with van der Waals surface area (Å²) in [6.45, 7) is 3.14. The van der Waals surface area contributed by atoms with Crippen molar-refractivity contribution < 1.29 is 9.84 Å². The molecular formula is C19H25NO2S. The average Bonchev–Trinajstić information content (AvgIpc) is 3.02. The lowest BCUT2D eigenvalue weighted by atomic mass is 9.98. The summed E-state index contributed by atoms with van der Waals surface area (Å²) in [5, 5.41) is 9.18. The van der Waals surface area contributed by atoms with Crippen LogP contribution in [-0.4, -0.2) is 23.9 Å². The summed E-state index contributed by atoms with van der Waals surface area (Å²) in [6.07, 6.45) is 5.82. The van der Waals surface area contributed by atoms with E-state index in [1.54, 1.807) is 11.3 Å². The second-order valence-corrected chi connectivity index (χ2v) is 7.22. The van der Waals surface area contributed by atoms with Crippen LogP contribution in [0.25, 0.3) is 6.08 Å². The van der Waals surface area contributed by atoms with Crippen LogP contribution in [0.1, 0.15) is 28.7 Å². The van der Waals surface area contributed by atoms with E-state index in [1.807, 2.05) is 31.2 Å². The first-order valence-electron chi connectivity index (χ1n) is 7.86. The highest BCUT2D eigenvalue weighted by molar-refractivity contribution is 7.12. The van der Waals surface area contributed by atoms with Crippen molar-refractivity contribution in [2.45, 2.75) is 31.9 Å². The summed E-state index contributed by atoms with van der Waals surface area (Å²) >= 11 is 1.76. The Bertz CT molecular complexity index is 605. The van der Waals surface area contributed by atoms with E-state index in [0.29, 0.717) is 13.2 Å². The van der Waals surface area contributed by atoms with Crippen molar-refractivity contribution in [3.63, 3.8) is 0 Å². The van der Waals surface area contributed by atoms with E-state index in [4.69, 9.17) is 10.5 Å². The average molecular weight is 331 g/mol. The van der Waals surface area contributed by atoms with Crippen LogP contribution >= 0.6 is 11.3 Å². The first-order valence-corrected chi connectivity index (χ1v) is 8.67. The Morgan fingerprint density at radius 1 is 1.22 bits per heavy atom. The van der Waals surface area contributed by atoms with Crippen LogP contribution in [0.15, 0.2) is 48.5 Å². The Kier molecular flexibility index (Phi) is 6.99. The molecule has 0 amide bonds. The van der Waals surface area contributed by atoms with Crippen molar-refractivity contribution in [2.75, 3.05) is 13.2 Å². The van der Waals surface area contributed by atoms with E-state index in [0.717, 1.165) is 12.8 Å². The number of hydrogen-bond acceptors (Lipinski definition) is 4. The van der Waals surface area contributed by atoms with E-state index in [9.17, 15) is 5.11 Å². The lowest BCUT2D eigenvalue weighted by Crippen LogP contribution is -2.40. The Balaban J connectivity index is 1.71. The maximum atomic E-state index is 9.18. The molecule has 3 nitrogen and oxygen atoms in total. The smallest absolute Gasteiger partial charge is 0.0721 e. The molecule has 1 aromatic heterocycles. The van der Waals surface area contributed by atoms with Gasteiger partial charge in [-0.15, -0.1) is 11.3 Å². The Morgan fingerprint density at radius 2 is 2.00 bits per heavy atom. The van der Waals surface area contributed by atoms with Gasteiger partial charge in [-0.2, -0.15) is 0 Å². The molecule has 0 fully saturated rings. The van der Waals surface area contributed by atoms with Crippen molar-refractivity contribution in [3.8, 4) is 0 Å². The van der Waals surface area contributed by atoms with Gasteiger partial charge in [0.05, 0.1) is 19.8 Å². The van der Waals surface area contributed by atoms with E-state index in [-0.39, 0.29) is 6.61 Å². The largest absolute Gasteiger partial charge is 0.394 e. The molecule has 0 saturated carbocycles. The summed E-state index contributed by atoms with van der Waals surface area (Å²) in [6, 6.07) is 14.4. The molecule has 1 unspecified atom stereocenters. The van der Waals surface area contributed by atoms with E-state index < -0.39 is 5.54 Å². The summed E-state index contributed by atoms with van der Waals surface area (Å²) in [4.78, 5) is 2.51. The molecular weight excluding hydrogens is 306 g/mol. The highest BCUT2D eigenvalue weighted by Crippen LogP contribution is 2.21. The normalized spacial score (nSPS) is 14.2. The van der Waals surface area contributed by atoms with Gasteiger partial charge < -0.3 is 15.6 Å². The lowest BCUT2D eigenvalue weighted by molar-refractivity contribution is 0.149. The van der Waals surface area contributed by atoms with Gasteiger partial charge in [-0.25, -0.2) is 0 Å². The summed E-state index contributed by atoms with van der Waals surface area (Å²) < 4.78 is 5.63. The maximum absolute atomic E-state index is 9.18. The van der Waals surface area contributed by atoms with Gasteiger partial charge in [0.25, 0.3) is 0 Å². The standard InChI is InChI=1S/C19H25NO2S/c1-19(20,15-21)12-11-18-10-9-17(23-18)8-5-13-22-14-16-6-3-2-4-7-16/h2-10,21H,11-15,20H2,1H3/b8-5+. The Hall–Kier alpha value is -1.46. The first kappa shape index (κ1) is 17.9. The summed E-state index contributed by atoms with van der Waals surface area (Å²) in [7, 11) is 0. The highest BCUT2D eigenvalue weighted by atomic mass is 32.1. The first-order chi connectivity index (χ1) is 11.1.